The van der Waals surface area contributed by atoms with Gasteiger partial charge in [0.05, 0.1) is 45.3 Å². The fourth-order valence-corrected chi connectivity index (χ4v) is 16.3. The zero-order valence-corrected chi connectivity index (χ0v) is 76.5. The lowest BCUT2D eigenvalue weighted by molar-refractivity contribution is 0.0991. The minimum atomic E-state index is -0.135. The van der Waals surface area contributed by atoms with Crippen LogP contribution < -0.4 is 33.3 Å². The third kappa shape index (κ3) is 63.8. The number of benzene rings is 2. The van der Waals surface area contributed by atoms with E-state index in [0.29, 0.717) is 79.7 Å². The zero-order chi connectivity index (χ0) is 80.2. The summed E-state index contributed by atoms with van der Waals surface area (Å²) in [6.45, 7) is 17.3. The van der Waals surface area contributed by atoms with Gasteiger partial charge in [-0.15, -0.1) is 0 Å². The van der Waals surface area contributed by atoms with E-state index in [-0.39, 0.29) is 5.91 Å². The molecule has 0 atom stereocenters. The van der Waals surface area contributed by atoms with Crippen LogP contribution in [0, 0.1) is 0 Å². The maximum absolute atomic E-state index is 15.6. The molecular weight excluding hydrogens is 1380 g/mol. The highest BCUT2D eigenvalue weighted by Gasteiger charge is 2.25. The predicted octanol–water partition coefficient (Wildman–Crippen LogP) is 35.8. The van der Waals surface area contributed by atoms with Gasteiger partial charge in [0.1, 0.15) is 0 Å². The van der Waals surface area contributed by atoms with Crippen molar-refractivity contribution < 1.29 is 33.2 Å². The van der Waals surface area contributed by atoms with Gasteiger partial charge in [-0.25, -0.2) is 0 Å². The second-order valence-corrected chi connectivity index (χ2v) is 35.0. The minimum absolute atomic E-state index is 0.135. The van der Waals surface area contributed by atoms with Crippen molar-refractivity contribution in [3.05, 3.63) is 29.8 Å². The molecule has 1 amide bonds. The maximum atomic E-state index is 15.6. The summed E-state index contributed by atoms with van der Waals surface area (Å²) in [5.41, 5.74) is 1.26. The molecule has 112 heavy (non-hydrogen) atoms. The molecule has 0 bridgehead atoms. The molecule has 2 aromatic carbocycles. The van der Waals surface area contributed by atoms with Gasteiger partial charge in [0, 0.05) is 24.7 Å². The molecule has 0 aliphatic carbocycles. The van der Waals surface area contributed by atoms with E-state index in [1.165, 1.54) is 424 Å². The quantitative estimate of drug-likeness (QED) is 0.0611. The molecular formula is C104H193NO7. The summed E-state index contributed by atoms with van der Waals surface area (Å²) in [5.74, 6) is 3.78. The molecule has 656 valence electrons. The Morgan fingerprint density at radius 3 is 0.491 bits per heavy atom. The Balaban J connectivity index is 2.51. The summed E-state index contributed by atoms with van der Waals surface area (Å²) in [4.78, 5) is 17.4. The van der Waals surface area contributed by atoms with Crippen molar-refractivity contribution in [3.63, 3.8) is 0 Å². The van der Waals surface area contributed by atoms with Crippen LogP contribution in [-0.2, 0) is 0 Å². The van der Waals surface area contributed by atoms with Crippen molar-refractivity contribution in [1.82, 2.24) is 0 Å². The topological polar surface area (TPSA) is 75.7 Å². The van der Waals surface area contributed by atoms with E-state index in [1.807, 2.05) is 31.3 Å². The molecule has 2 rings (SSSR count). The van der Waals surface area contributed by atoms with Gasteiger partial charge in [-0.05, 0) is 50.7 Å². The average Bonchev–Trinajstić information content (AvgIpc) is 0.792. The van der Waals surface area contributed by atoms with Crippen molar-refractivity contribution in [2.75, 3.05) is 51.6 Å². The normalized spacial score (nSPS) is 11.5. The highest BCUT2D eigenvalue weighted by Crippen LogP contribution is 2.44. The Morgan fingerprint density at radius 2 is 0.330 bits per heavy atom. The number of ether oxygens (including phenoxy) is 6. The Labute approximate surface area is 699 Å². The van der Waals surface area contributed by atoms with E-state index >= 15 is 4.79 Å². The molecule has 0 unspecified atom stereocenters. The molecule has 0 spiro atoms. The summed E-state index contributed by atoms with van der Waals surface area (Å²) in [6, 6.07) is 8.03. The molecule has 0 aliphatic heterocycles. The number of carbonyl (C=O) groups is 1. The third-order valence-electron chi connectivity index (χ3n) is 24.0. The fraction of sp³-hybridized carbons (Fsp3) is 0.875. The lowest BCUT2D eigenvalue weighted by atomic mass is 10.0. The highest BCUT2D eigenvalue weighted by molar-refractivity contribution is 6.06. The van der Waals surface area contributed by atoms with E-state index in [2.05, 4.69) is 41.5 Å². The molecule has 0 heterocycles. The first kappa shape index (κ1) is 105. The Bertz CT molecular complexity index is 2140. The van der Waals surface area contributed by atoms with Crippen molar-refractivity contribution in [1.29, 1.82) is 0 Å². The summed E-state index contributed by atoms with van der Waals surface area (Å²) >= 11 is 0. The summed E-state index contributed by atoms with van der Waals surface area (Å²) in [6.07, 6.45) is 102. The second kappa shape index (κ2) is 84.2. The molecule has 0 fully saturated rings. The highest BCUT2D eigenvalue weighted by atomic mass is 16.5. The van der Waals surface area contributed by atoms with E-state index in [1.54, 1.807) is 4.90 Å². The van der Waals surface area contributed by atoms with E-state index in [9.17, 15) is 0 Å². The third-order valence-corrected chi connectivity index (χ3v) is 24.0. The minimum Gasteiger partial charge on any atom is -0.490 e. The molecule has 0 aromatic heterocycles. The average molecular weight is 1570 g/mol. The van der Waals surface area contributed by atoms with Crippen LogP contribution in [0.1, 0.15) is 553 Å². The van der Waals surface area contributed by atoms with Gasteiger partial charge in [0.25, 0.3) is 5.91 Å². The number of amides is 1. The smallest absolute Gasteiger partial charge is 0.258 e. The van der Waals surface area contributed by atoms with Crippen molar-refractivity contribution in [2.24, 2.45) is 0 Å². The summed E-state index contributed by atoms with van der Waals surface area (Å²) < 4.78 is 41.4. The SMILES string of the molecule is CCCCCCCCCCCCCCCCCCOc1cc(C(=O)N(C)c2cc(OCCCCCCCCCCCC)c(OCCCCCCCCCCCC)c(OCCCCCCCCCCCC)c2)cc(OCCCCCCCCCCCCCCCCCC)c1OCCCCCCCCCCCCCCCCCC. The first-order valence-electron chi connectivity index (χ1n) is 50.9. The molecule has 0 saturated heterocycles. The van der Waals surface area contributed by atoms with Crippen LogP contribution in [0.25, 0.3) is 0 Å². The molecule has 0 radical (unpaired) electrons. The summed E-state index contributed by atoms with van der Waals surface area (Å²) in [5, 5.41) is 0. The van der Waals surface area contributed by atoms with Crippen molar-refractivity contribution in [3.8, 4) is 34.5 Å². The molecule has 2 aromatic rings. The van der Waals surface area contributed by atoms with E-state index < -0.39 is 0 Å². The first-order valence-corrected chi connectivity index (χ1v) is 50.9. The van der Waals surface area contributed by atoms with Gasteiger partial charge >= 0.3 is 0 Å². The van der Waals surface area contributed by atoms with Gasteiger partial charge in [0.2, 0.25) is 11.5 Å². The molecule has 0 aliphatic rings. The molecule has 0 saturated carbocycles. The predicted molar refractivity (Wildman–Crippen MR) is 493 cm³/mol. The van der Waals surface area contributed by atoms with Crippen LogP contribution in [0.4, 0.5) is 5.69 Å². The largest absolute Gasteiger partial charge is 0.490 e. The lowest BCUT2D eigenvalue weighted by Gasteiger charge is -2.24. The standard InChI is InChI=1S/C104H193NO7/c1-8-14-20-26-32-38-44-47-50-53-56-59-65-70-74-80-86-107-98-92-96(93-99(108-87-81-75-71-66-60-57-54-51-48-45-39-33-27-21-15-9-2)102(98)111-90-84-78-73-67-61-58-55-52-49-46-40-34-28-22-16-10-3)104(106)105(7)97-94-100(109-88-82-76-68-62-41-35-29-23-17-11-4)103(112-91-85-79-72-64-43-37-31-25-19-13-6)101(95-97)110-89-83-77-69-63-42-36-30-24-18-12-5/h92-95H,8-91H2,1-7H3. The van der Waals surface area contributed by atoms with Gasteiger partial charge in [0.15, 0.2) is 23.0 Å². The number of anilines is 1. The first-order chi connectivity index (χ1) is 55.4. The zero-order valence-electron chi connectivity index (χ0n) is 76.5. The number of unbranched alkanes of at least 4 members (excludes halogenated alkanes) is 72. The number of hydrogen-bond acceptors (Lipinski definition) is 7. The van der Waals surface area contributed by atoms with Crippen molar-refractivity contribution >= 4 is 11.6 Å². The molecule has 0 N–H and O–H groups in total. The summed E-state index contributed by atoms with van der Waals surface area (Å²) in [7, 11) is 1.91. The Hall–Kier alpha value is -3.29. The van der Waals surface area contributed by atoms with Gasteiger partial charge in [-0.3, -0.25) is 4.79 Å². The van der Waals surface area contributed by atoms with Crippen molar-refractivity contribution in [2.45, 2.75) is 542 Å². The van der Waals surface area contributed by atoms with Crippen LogP contribution in [0.5, 0.6) is 34.5 Å². The maximum Gasteiger partial charge on any atom is 0.258 e. The number of rotatable bonds is 92. The fourth-order valence-electron chi connectivity index (χ4n) is 16.3. The van der Waals surface area contributed by atoms with E-state index in [0.717, 1.165) is 82.7 Å². The molecule has 8 heteroatoms. The van der Waals surface area contributed by atoms with Gasteiger partial charge < -0.3 is 33.3 Å². The lowest BCUT2D eigenvalue weighted by Crippen LogP contribution is -2.26. The Kier molecular flexibility index (Phi) is 78.8. The Morgan fingerprint density at radius 1 is 0.196 bits per heavy atom. The number of hydrogen-bond donors (Lipinski definition) is 0. The van der Waals surface area contributed by atoms with Crippen LogP contribution in [0.15, 0.2) is 24.3 Å². The number of nitrogens with zero attached hydrogens (tertiary/aromatic N) is 1. The number of carbonyl (C=O) groups excluding carboxylic acids is 1. The van der Waals surface area contributed by atoms with Crippen LogP contribution in [0.2, 0.25) is 0 Å². The second-order valence-electron chi connectivity index (χ2n) is 35.0. The van der Waals surface area contributed by atoms with Crippen LogP contribution in [-0.4, -0.2) is 52.6 Å². The molecule has 8 nitrogen and oxygen atoms in total. The van der Waals surface area contributed by atoms with Crippen LogP contribution in [0.3, 0.4) is 0 Å². The van der Waals surface area contributed by atoms with Crippen LogP contribution >= 0.6 is 0 Å². The van der Waals surface area contributed by atoms with Gasteiger partial charge in [-0.1, -0.05) is 504 Å². The van der Waals surface area contributed by atoms with E-state index in [4.69, 9.17) is 28.4 Å². The van der Waals surface area contributed by atoms with Gasteiger partial charge in [-0.2, -0.15) is 0 Å². The monoisotopic (exact) mass is 1570 g/mol.